The highest BCUT2D eigenvalue weighted by atomic mass is 16.1. The van der Waals surface area contributed by atoms with E-state index in [2.05, 4.69) is 0 Å². The third-order valence-electron chi connectivity index (χ3n) is 3.81. The fourth-order valence-electron chi connectivity index (χ4n) is 2.77. The number of nitrogens with zero attached hydrogens (tertiary/aromatic N) is 2. The van der Waals surface area contributed by atoms with Crippen molar-refractivity contribution in [3.05, 3.63) is 35.2 Å². The molecule has 0 N–H and O–H groups in total. The largest absolute Gasteiger partial charge is 0.294 e. The van der Waals surface area contributed by atoms with Gasteiger partial charge in [-0.3, -0.25) is 4.79 Å². The Labute approximate surface area is 113 Å². The lowest BCUT2D eigenvalue weighted by molar-refractivity contribution is 0.101. The van der Waals surface area contributed by atoms with Crippen LogP contribution >= 0.6 is 0 Å². The van der Waals surface area contributed by atoms with E-state index >= 15 is 0 Å². The van der Waals surface area contributed by atoms with Gasteiger partial charge >= 0.3 is 0 Å². The molecule has 1 aromatic carbocycles. The molecule has 0 atom stereocenters. The van der Waals surface area contributed by atoms with Crippen molar-refractivity contribution < 1.29 is 4.79 Å². The number of aromatic nitrogens is 2. The highest BCUT2D eigenvalue weighted by Gasteiger charge is 2.14. The summed E-state index contributed by atoms with van der Waals surface area (Å²) in [4.78, 5) is 21.2. The average molecular weight is 254 g/mol. The number of hydrogen-bond donors (Lipinski definition) is 0. The molecule has 0 spiro atoms. The van der Waals surface area contributed by atoms with Gasteiger partial charge in [0.2, 0.25) is 0 Å². The molecule has 1 aliphatic rings. The molecule has 0 bridgehead atoms. The minimum absolute atomic E-state index is 0.0608. The third kappa shape index (κ3) is 2.37. The Hall–Kier alpha value is -1.77. The predicted octanol–water partition coefficient (Wildman–Crippen LogP) is 3.49. The van der Waals surface area contributed by atoms with Gasteiger partial charge in [0.15, 0.2) is 5.78 Å². The summed E-state index contributed by atoms with van der Waals surface area (Å²) < 4.78 is 0. The van der Waals surface area contributed by atoms with Crippen LogP contribution in [0.5, 0.6) is 0 Å². The van der Waals surface area contributed by atoms with Gasteiger partial charge in [0.1, 0.15) is 0 Å². The molecular weight excluding hydrogens is 236 g/mol. The predicted molar refractivity (Wildman–Crippen MR) is 75.4 cm³/mol. The first-order valence-corrected chi connectivity index (χ1v) is 7.05. The highest BCUT2D eigenvalue weighted by Crippen LogP contribution is 2.22. The van der Waals surface area contributed by atoms with Gasteiger partial charge in [0.25, 0.3) is 0 Å². The van der Waals surface area contributed by atoms with Gasteiger partial charge in [0, 0.05) is 5.56 Å². The van der Waals surface area contributed by atoms with Crippen LogP contribution in [0.25, 0.3) is 11.0 Å². The Kier molecular flexibility index (Phi) is 3.28. The summed E-state index contributed by atoms with van der Waals surface area (Å²) in [6, 6.07) is 5.69. The van der Waals surface area contributed by atoms with E-state index < -0.39 is 0 Å². The lowest BCUT2D eigenvalue weighted by Crippen LogP contribution is -2.07. The fraction of sp³-hybridized carbons (Fsp3) is 0.438. The van der Waals surface area contributed by atoms with Crippen LogP contribution in [0.15, 0.2) is 18.2 Å². The minimum Gasteiger partial charge on any atom is -0.294 e. The Morgan fingerprint density at radius 2 is 1.68 bits per heavy atom. The molecule has 0 saturated carbocycles. The number of fused-ring (bicyclic) bond motifs is 2. The first-order chi connectivity index (χ1) is 9.25. The van der Waals surface area contributed by atoms with E-state index in [0.717, 1.165) is 35.3 Å². The summed E-state index contributed by atoms with van der Waals surface area (Å²) in [7, 11) is 0. The monoisotopic (exact) mass is 254 g/mol. The van der Waals surface area contributed by atoms with Crippen molar-refractivity contribution in [2.75, 3.05) is 0 Å². The Bertz CT molecular complexity index is 634. The highest BCUT2D eigenvalue weighted by molar-refractivity contribution is 6.04. The second-order valence-corrected chi connectivity index (χ2v) is 5.26. The Morgan fingerprint density at radius 1 is 1.00 bits per heavy atom. The van der Waals surface area contributed by atoms with Crippen LogP contribution in [0.2, 0.25) is 0 Å². The molecule has 98 valence electrons. The standard InChI is InChI=1S/C16H18N2O/c1-11(19)12-7-6-10-15-16(12)18-14-9-5-3-2-4-8-13(14)17-15/h6-7,10H,2-5,8-9H2,1H3. The number of para-hydroxylation sites is 1. The van der Waals surface area contributed by atoms with Gasteiger partial charge in [-0.1, -0.05) is 18.9 Å². The minimum atomic E-state index is 0.0608. The van der Waals surface area contributed by atoms with Crippen LogP contribution in [-0.2, 0) is 12.8 Å². The summed E-state index contributed by atoms with van der Waals surface area (Å²) in [5.74, 6) is 0.0608. The lowest BCUT2D eigenvalue weighted by Gasteiger charge is -2.13. The Balaban J connectivity index is 2.19. The van der Waals surface area contributed by atoms with Crippen molar-refractivity contribution in [3.8, 4) is 0 Å². The normalized spacial score (nSPS) is 15.6. The zero-order chi connectivity index (χ0) is 13.2. The number of rotatable bonds is 1. The van der Waals surface area contributed by atoms with Crippen LogP contribution in [-0.4, -0.2) is 15.8 Å². The number of ketones is 1. The molecule has 1 aromatic heterocycles. The van der Waals surface area contributed by atoms with Crippen molar-refractivity contribution >= 4 is 16.8 Å². The molecule has 0 unspecified atom stereocenters. The number of aryl methyl sites for hydroxylation is 2. The van der Waals surface area contributed by atoms with E-state index in [4.69, 9.17) is 9.97 Å². The van der Waals surface area contributed by atoms with Crippen molar-refractivity contribution in [2.45, 2.75) is 45.4 Å². The molecule has 0 radical (unpaired) electrons. The zero-order valence-corrected chi connectivity index (χ0v) is 11.3. The molecule has 0 amide bonds. The van der Waals surface area contributed by atoms with Crippen molar-refractivity contribution in [1.29, 1.82) is 0 Å². The summed E-state index contributed by atoms with van der Waals surface area (Å²) in [5, 5.41) is 0. The number of hydrogen-bond acceptors (Lipinski definition) is 3. The zero-order valence-electron chi connectivity index (χ0n) is 11.3. The lowest BCUT2D eigenvalue weighted by atomic mass is 10.00. The van der Waals surface area contributed by atoms with Crippen LogP contribution in [0.4, 0.5) is 0 Å². The number of carbonyl (C=O) groups excluding carboxylic acids is 1. The summed E-state index contributed by atoms with van der Waals surface area (Å²) in [6.07, 6.45) is 6.93. The molecule has 19 heavy (non-hydrogen) atoms. The number of carbonyl (C=O) groups is 1. The summed E-state index contributed by atoms with van der Waals surface area (Å²) >= 11 is 0. The van der Waals surface area contributed by atoms with Crippen LogP contribution in [0.1, 0.15) is 54.4 Å². The average Bonchev–Trinajstić information content (AvgIpc) is 2.38. The van der Waals surface area contributed by atoms with E-state index in [1.807, 2.05) is 18.2 Å². The topological polar surface area (TPSA) is 42.9 Å². The SMILES string of the molecule is CC(=O)c1cccc2nc3c(nc12)CCCCCC3. The quantitative estimate of drug-likeness (QED) is 0.732. The first kappa shape index (κ1) is 12.3. The second kappa shape index (κ2) is 5.08. The molecule has 1 aliphatic carbocycles. The smallest absolute Gasteiger partial charge is 0.162 e. The maximum Gasteiger partial charge on any atom is 0.162 e. The summed E-state index contributed by atoms with van der Waals surface area (Å²) in [5.41, 5.74) is 4.55. The van der Waals surface area contributed by atoms with Gasteiger partial charge in [-0.2, -0.15) is 0 Å². The van der Waals surface area contributed by atoms with Crippen molar-refractivity contribution in [3.63, 3.8) is 0 Å². The molecule has 0 saturated heterocycles. The van der Waals surface area contributed by atoms with E-state index in [9.17, 15) is 4.79 Å². The number of benzene rings is 1. The van der Waals surface area contributed by atoms with Crippen LogP contribution in [0, 0.1) is 0 Å². The molecular formula is C16H18N2O. The summed E-state index contributed by atoms with van der Waals surface area (Å²) in [6.45, 7) is 1.59. The van der Waals surface area contributed by atoms with Gasteiger partial charge in [-0.15, -0.1) is 0 Å². The molecule has 2 aromatic rings. The van der Waals surface area contributed by atoms with Gasteiger partial charge < -0.3 is 0 Å². The van der Waals surface area contributed by atoms with Gasteiger partial charge in [-0.25, -0.2) is 9.97 Å². The van der Waals surface area contributed by atoms with Crippen molar-refractivity contribution in [2.24, 2.45) is 0 Å². The van der Waals surface area contributed by atoms with Crippen LogP contribution < -0.4 is 0 Å². The molecule has 1 heterocycles. The fourth-order valence-corrected chi connectivity index (χ4v) is 2.77. The van der Waals surface area contributed by atoms with Crippen molar-refractivity contribution in [1.82, 2.24) is 9.97 Å². The first-order valence-electron chi connectivity index (χ1n) is 7.05. The van der Waals surface area contributed by atoms with E-state index in [1.54, 1.807) is 6.92 Å². The van der Waals surface area contributed by atoms with Gasteiger partial charge in [0.05, 0.1) is 22.4 Å². The second-order valence-electron chi connectivity index (χ2n) is 5.26. The maximum atomic E-state index is 11.7. The molecule has 3 nitrogen and oxygen atoms in total. The third-order valence-corrected chi connectivity index (χ3v) is 3.81. The molecule has 3 heteroatoms. The van der Waals surface area contributed by atoms with Gasteiger partial charge in [-0.05, 0) is 44.7 Å². The van der Waals surface area contributed by atoms with E-state index in [1.165, 1.54) is 25.7 Å². The Morgan fingerprint density at radius 3 is 2.37 bits per heavy atom. The van der Waals surface area contributed by atoms with Crippen LogP contribution in [0.3, 0.4) is 0 Å². The molecule has 0 fully saturated rings. The molecule has 3 rings (SSSR count). The molecule has 0 aliphatic heterocycles. The van der Waals surface area contributed by atoms with E-state index in [0.29, 0.717) is 5.56 Å². The maximum absolute atomic E-state index is 11.7. The van der Waals surface area contributed by atoms with E-state index in [-0.39, 0.29) is 5.78 Å². The number of Topliss-reactive ketones (excluding diaryl/α,β-unsaturated/α-hetero) is 1.